The number of rotatable bonds is 6. The first-order chi connectivity index (χ1) is 8.99. The number of nitrogens with two attached hydrogens (primary N) is 1. The van der Waals surface area contributed by atoms with Gasteiger partial charge in [-0.05, 0) is 25.0 Å². The van der Waals surface area contributed by atoms with Gasteiger partial charge in [0.2, 0.25) is 0 Å². The number of hydrogen-bond donors (Lipinski definition) is 2. The van der Waals surface area contributed by atoms with E-state index in [1.165, 1.54) is 0 Å². The van der Waals surface area contributed by atoms with E-state index in [9.17, 15) is 4.79 Å². The third kappa shape index (κ3) is 4.31. The molecule has 0 amide bonds. The number of hydrogen-bond acceptors (Lipinski definition) is 4. The first-order valence-corrected chi connectivity index (χ1v) is 6.87. The highest BCUT2D eigenvalue weighted by atomic mass is 35.5. The van der Waals surface area contributed by atoms with Crippen molar-refractivity contribution in [2.24, 2.45) is 5.92 Å². The maximum Gasteiger partial charge on any atom is 0.340 e. The summed E-state index contributed by atoms with van der Waals surface area (Å²) in [5, 5.41) is 3.65. The standard InChI is InChI=1S/C14H21ClN2O2/c1-4-9(3)8-17-13-11(14(18)19-5-2)6-10(16)7-12(13)15/h6-7,9,17H,4-5,8,16H2,1-3H3. The van der Waals surface area contributed by atoms with Crippen molar-refractivity contribution < 1.29 is 9.53 Å². The number of carbonyl (C=O) groups excluding carboxylic acids is 1. The largest absolute Gasteiger partial charge is 0.462 e. The molecule has 1 rings (SSSR count). The minimum Gasteiger partial charge on any atom is -0.462 e. The summed E-state index contributed by atoms with van der Waals surface area (Å²) in [6, 6.07) is 3.21. The first kappa shape index (κ1) is 15.6. The lowest BCUT2D eigenvalue weighted by molar-refractivity contribution is 0.0527. The Hall–Kier alpha value is -1.42. The Morgan fingerprint density at radius 1 is 1.47 bits per heavy atom. The van der Waals surface area contributed by atoms with Crippen LogP contribution in [0.3, 0.4) is 0 Å². The molecule has 0 saturated carbocycles. The summed E-state index contributed by atoms with van der Waals surface area (Å²) in [6.45, 7) is 7.06. The Kier molecular flexibility index (Phi) is 5.96. The zero-order valence-electron chi connectivity index (χ0n) is 11.6. The van der Waals surface area contributed by atoms with E-state index in [1.54, 1.807) is 19.1 Å². The van der Waals surface area contributed by atoms with Crippen molar-refractivity contribution >= 4 is 28.9 Å². The van der Waals surface area contributed by atoms with Crippen LogP contribution in [0.5, 0.6) is 0 Å². The van der Waals surface area contributed by atoms with Crippen LogP contribution in [0.15, 0.2) is 12.1 Å². The maximum absolute atomic E-state index is 11.9. The summed E-state index contributed by atoms with van der Waals surface area (Å²) in [5.74, 6) is 0.0759. The van der Waals surface area contributed by atoms with E-state index in [-0.39, 0.29) is 0 Å². The van der Waals surface area contributed by atoms with Crippen LogP contribution in [0.1, 0.15) is 37.6 Å². The van der Waals surface area contributed by atoms with E-state index in [0.717, 1.165) is 13.0 Å². The summed E-state index contributed by atoms with van der Waals surface area (Å²) in [4.78, 5) is 11.9. The first-order valence-electron chi connectivity index (χ1n) is 6.49. The average molecular weight is 285 g/mol. The molecule has 0 spiro atoms. The summed E-state index contributed by atoms with van der Waals surface area (Å²) >= 11 is 6.16. The second-order valence-electron chi connectivity index (χ2n) is 4.54. The molecule has 0 aliphatic carbocycles. The minimum absolute atomic E-state index is 0.316. The number of nitrogen functional groups attached to an aromatic ring is 1. The number of ether oxygens (including phenoxy) is 1. The van der Waals surface area contributed by atoms with Crippen molar-refractivity contribution in [2.75, 3.05) is 24.2 Å². The number of anilines is 2. The van der Waals surface area contributed by atoms with Gasteiger partial charge in [0.25, 0.3) is 0 Å². The smallest absolute Gasteiger partial charge is 0.340 e. The molecule has 19 heavy (non-hydrogen) atoms. The lowest BCUT2D eigenvalue weighted by Crippen LogP contribution is -2.15. The minimum atomic E-state index is -0.414. The number of benzene rings is 1. The number of esters is 1. The molecule has 106 valence electrons. The Labute approximate surface area is 119 Å². The van der Waals surface area contributed by atoms with Gasteiger partial charge >= 0.3 is 5.97 Å². The van der Waals surface area contributed by atoms with Crippen molar-refractivity contribution in [1.29, 1.82) is 0 Å². The predicted octanol–water partition coefficient (Wildman–Crippen LogP) is 3.56. The lowest BCUT2D eigenvalue weighted by Gasteiger charge is -2.16. The van der Waals surface area contributed by atoms with Crippen molar-refractivity contribution in [2.45, 2.75) is 27.2 Å². The highest BCUT2D eigenvalue weighted by Gasteiger charge is 2.17. The van der Waals surface area contributed by atoms with Crippen LogP contribution in [-0.2, 0) is 4.74 Å². The molecule has 0 aromatic heterocycles. The zero-order valence-corrected chi connectivity index (χ0v) is 12.4. The average Bonchev–Trinajstić information content (AvgIpc) is 2.36. The molecule has 1 atom stereocenters. The summed E-state index contributed by atoms with van der Waals surface area (Å²) in [6.07, 6.45) is 1.05. The van der Waals surface area contributed by atoms with Gasteiger partial charge in [-0.25, -0.2) is 4.79 Å². The summed E-state index contributed by atoms with van der Waals surface area (Å²) in [5.41, 5.74) is 7.15. The zero-order chi connectivity index (χ0) is 14.4. The highest BCUT2D eigenvalue weighted by Crippen LogP contribution is 2.30. The SMILES string of the molecule is CCOC(=O)c1cc(N)cc(Cl)c1NCC(C)CC. The maximum atomic E-state index is 11.9. The lowest BCUT2D eigenvalue weighted by atomic mass is 10.1. The third-order valence-corrected chi connectivity index (χ3v) is 3.23. The molecule has 0 fully saturated rings. The molecule has 4 nitrogen and oxygen atoms in total. The van der Waals surface area contributed by atoms with Gasteiger partial charge in [0.15, 0.2) is 0 Å². The molecular formula is C14H21ClN2O2. The van der Waals surface area contributed by atoms with E-state index in [1.807, 2.05) is 0 Å². The van der Waals surface area contributed by atoms with Gasteiger partial charge in [0, 0.05) is 12.2 Å². The van der Waals surface area contributed by atoms with Crippen molar-refractivity contribution in [3.05, 3.63) is 22.7 Å². The molecule has 3 N–H and O–H groups in total. The Morgan fingerprint density at radius 2 is 2.16 bits per heavy atom. The predicted molar refractivity (Wildman–Crippen MR) is 79.8 cm³/mol. The molecule has 0 heterocycles. The molecule has 0 bridgehead atoms. The topological polar surface area (TPSA) is 64.3 Å². The van der Waals surface area contributed by atoms with Gasteiger partial charge in [0.1, 0.15) is 0 Å². The molecule has 5 heteroatoms. The fourth-order valence-electron chi connectivity index (χ4n) is 1.60. The van der Waals surface area contributed by atoms with Crippen LogP contribution in [0, 0.1) is 5.92 Å². The molecule has 1 unspecified atom stereocenters. The van der Waals surface area contributed by atoms with Crippen molar-refractivity contribution in [1.82, 2.24) is 0 Å². The number of carbonyl (C=O) groups is 1. The molecule has 0 saturated heterocycles. The quantitative estimate of drug-likeness (QED) is 0.619. The van der Waals surface area contributed by atoms with Crippen LogP contribution in [0.2, 0.25) is 5.02 Å². The van der Waals surface area contributed by atoms with Gasteiger partial charge in [-0.3, -0.25) is 0 Å². The molecule has 0 aliphatic rings. The van der Waals surface area contributed by atoms with Crippen LogP contribution in [-0.4, -0.2) is 19.1 Å². The molecule has 1 aromatic rings. The second kappa shape index (κ2) is 7.24. The van der Waals surface area contributed by atoms with E-state index >= 15 is 0 Å². The molecule has 0 aliphatic heterocycles. The van der Waals surface area contributed by atoms with Crippen LogP contribution >= 0.6 is 11.6 Å². The van der Waals surface area contributed by atoms with Gasteiger partial charge in [-0.2, -0.15) is 0 Å². The Bertz CT molecular complexity index is 449. The van der Waals surface area contributed by atoms with Crippen LogP contribution in [0.4, 0.5) is 11.4 Å². The Morgan fingerprint density at radius 3 is 2.74 bits per heavy atom. The molecular weight excluding hydrogens is 264 g/mol. The fourth-order valence-corrected chi connectivity index (χ4v) is 1.89. The van der Waals surface area contributed by atoms with Gasteiger partial charge < -0.3 is 15.8 Å². The molecule has 1 aromatic carbocycles. The van der Waals surface area contributed by atoms with Gasteiger partial charge in [0.05, 0.1) is 22.9 Å². The monoisotopic (exact) mass is 284 g/mol. The van der Waals surface area contributed by atoms with Gasteiger partial charge in [-0.15, -0.1) is 0 Å². The molecule has 0 radical (unpaired) electrons. The highest BCUT2D eigenvalue weighted by molar-refractivity contribution is 6.34. The van der Waals surface area contributed by atoms with E-state index < -0.39 is 5.97 Å². The van der Waals surface area contributed by atoms with Crippen molar-refractivity contribution in [3.8, 4) is 0 Å². The van der Waals surface area contributed by atoms with Gasteiger partial charge in [-0.1, -0.05) is 31.9 Å². The number of nitrogens with one attached hydrogen (secondary N) is 1. The number of halogens is 1. The second-order valence-corrected chi connectivity index (χ2v) is 4.95. The van der Waals surface area contributed by atoms with E-state index in [2.05, 4.69) is 19.2 Å². The summed E-state index contributed by atoms with van der Waals surface area (Å²) in [7, 11) is 0. The van der Waals surface area contributed by atoms with Crippen molar-refractivity contribution in [3.63, 3.8) is 0 Å². The van der Waals surface area contributed by atoms with E-state index in [4.69, 9.17) is 22.1 Å². The van der Waals surface area contributed by atoms with Crippen LogP contribution in [0.25, 0.3) is 0 Å². The van der Waals surface area contributed by atoms with E-state index in [0.29, 0.717) is 34.5 Å². The third-order valence-electron chi connectivity index (χ3n) is 2.93. The normalized spacial score (nSPS) is 12.0. The fraction of sp³-hybridized carbons (Fsp3) is 0.500. The summed E-state index contributed by atoms with van der Waals surface area (Å²) < 4.78 is 5.02. The Balaban J connectivity index is 3.02. The van der Waals surface area contributed by atoms with Crippen LogP contribution < -0.4 is 11.1 Å².